The van der Waals surface area contributed by atoms with Crippen LogP contribution in [0.5, 0.6) is 11.5 Å². The lowest BCUT2D eigenvalue weighted by Gasteiger charge is -2.08. The number of nitrogens with zero attached hydrogens (tertiary/aromatic N) is 1. The van der Waals surface area contributed by atoms with Crippen LogP contribution in [0.4, 0.5) is 5.69 Å². The van der Waals surface area contributed by atoms with Crippen LogP contribution in [0.2, 0.25) is 0 Å². The number of benzene rings is 2. The van der Waals surface area contributed by atoms with Crippen molar-refractivity contribution >= 4 is 17.4 Å². The van der Waals surface area contributed by atoms with Crippen LogP contribution in [-0.4, -0.2) is 21.8 Å². The van der Waals surface area contributed by atoms with Crippen LogP contribution in [0.25, 0.3) is 0 Å². The average molecular weight is 315 g/mol. The number of hydrogen-bond acceptors (Lipinski definition) is 6. The van der Waals surface area contributed by atoms with Crippen LogP contribution in [0.3, 0.4) is 0 Å². The Balaban J connectivity index is 2.55. The second-order valence-corrected chi connectivity index (χ2v) is 4.89. The number of nitro benzene ring substituents is 1. The molecule has 0 radical (unpaired) electrons. The van der Waals surface area contributed by atoms with Crippen molar-refractivity contribution in [3.05, 3.63) is 63.2 Å². The van der Waals surface area contributed by atoms with E-state index in [1.54, 1.807) is 24.3 Å². The number of phenolic OH excluding ortho intramolecular Hbond substituents is 1. The summed E-state index contributed by atoms with van der Waals surface area (Å²) in [7, 11) is 0. The van der Waals surface area contributed by atoms with E-state index in [4.69, 9.17) is 4.74 Å². The molecular weight excluding hydrogens is 302 g/mol. The van der Waals surface area contributed by atoms with Crippen LogP contribution in [0, 0.1) is 17.0 Å². The third kappa shape index (κ3) is 3.52. The van der Waals surface area contributed by atoms with Gasteiger partial charge in [0, 0.05) is 24.1 Å². The molecule has 2 rings (SSSR count). The molecule has 7 heteroatoms. The Morgan fingerprint density at radius 3 is 2.26 bits per heavy atom. The summed E-state index contributed by atoms with van der Waals surface area (Å²) in [5.41, 5.74) is 0.511. The van der Waals surface area contributed by atoms with Crippen molar-refractivity contribution in [2.24, 2.45) is 0 Å². The zero-order valence-electron chi connectivity index (χ0n) is 12.4. The molecule has 0 aromatic heterocycles. The molecule has 2 aromatic carbocycles. The number of aromatic hydroxyl groups is 1. The Hall–Kier alpha value is -3.22. The van der Waals surface area contributed by atoms with Crippen LogP contribution >= 0.6 is 0 Å². The lowest BCUT2D eigenvalue weighted by atomic mass is 10.0. The molecule has 2 aromatic rings. The molecule has 0 fully saturated rings. The zero-order chi connectivity index (χ0) is 17.1. The largest absolute Gasteiger partial charge is 0.499 e. The number of ketones is 1. The van der Waals surface area contributed by atoms with E-state index < -0.39 is 33.9 Å². The van der Waals surface area contributed by atoms with Crippen LogP contribution in [0.1, 0.15) is 28.4 Å². The molecule has 0 bridgehead atoms. The highest BCUT2D eigenvalue weighted by Gasteiger charge is 2.24. The highest BCUT2D eigenvalue weighted by Crippen LogP contribution is 2.37. The summed E-state index contributed by atoms with van der Waals surface area (Å²) in [5, 5.41) is 20.8. The topological polar surface area (TPSA) is 107 Å². The molecule has 0 aliphatic carbocycles. The Morgan fingerprint density at radius 1 is 1.13 bits per heavy atom. The van der Waals surface area contributed by atoms with Crippen molar-refractivity contribution in [3.63, 3.8) is 0 Å². The number of carbonyl (C=O) groups excluding carboxylic acids is 2. The average Bonchev–Trinajstić information content (AvgIpc) is 2.48. The van der Waals surface area contributed by atoms with Crippen molar-refractivity contribution in [2.75, 3.05) is 0 Å². The van der Waals surface area contributed by atoms with Gasteiger partial charge >= 0.3 is 11.7 Å². The molecule has 0 atom stereocenters. The lowest BCUT2D eigenvalue weighted by Crippen LogP contribution is -2.06. The molecule has 0 heterocycles. The van der Waals surface area contributed by atoms with Gasteiger partial charge in [-0.15, -0.1) is 0 Å². The third-order valence-electron chi connectivity index (χ3n) is 3.08. The maximum atomic E-state index is 12.4. The molecule has 0 spiro atoms. The summed E-state index contributed by atoms with van der Waals surface area (Å²) < 4.78 is 4.74. The molecule has 0 saturated carbocycles. The van der Waals surface area contributed by atoms with Crippen LogP contribution < -0.4 is 4.74 Å². The summed E-state index contributed by atoms with van der Waals surface area (Å²) in [5.74, 6) is -2.48. The highest BCUT2D eigenvalue weighted by molar-refractivity contribution is 6.09. The van der Waals surface area contributed by atoms with Gasteiger partial charge in [-0.25, -0.2) is 0 Å². The fraction of sp³-hybridized carbons (Fsp3) is 0.125. The summed E-state index contributed by atoms with van der Waals surface area (Å²) in [6.07, 6.45) is 0. The van der Waals surface area contributed by atoms with Gasteiger partial charge in [-0.2, -0.15) is 0 Å². The summed E-state index contributed by atoms with van der Waals surface area (Å²) in [6.45, 7) is 2.94. The van der Waals surface area contributed by atoms with Crippen molar-refractivity contribution in [1.29, 1.82) is 0 Å². The number of phenols is 1. The molecule has 0 amide bonds. The smallest absolute Gasteiger partial charge is 0.315 e. The van der Waals surface area contributed by atoms with E-state index in [0.717, 1.165) is 24.6 Å². The fourth-order valence-electron chi connectivity index (χ4n) is 1.97. The molecular formula is C16H13NO6. The van der Waals surface area contributed by atoms with Crippen molar-refractivity contribution in [3.8, 4) is 11.5 Å². The highest BCUT2D eigenvalue weighted by atomic mass is 16.6. The number of hydrogen-bond donors (Lipinski definition) is 1. The summed E-state index contributed by atoms with van der Waals surface area (Å²) in [4.78, 5) is 33.6. The third-order valence-corrected chi connectivity index (χ3v) is 3.08. The SMILES string of the molecule is CC(=O)Oc1cc(C(=O)c2ccc(C)cc2)cc([N+](=O)[O-])c1O. The predicted molar refractivity (Wildman–Crippen MR) is 80.7 cm³/mol. The minimum absolute atomic E-state index is 0.0606. The van der Waals surface area contributed by atoms with Gasteiger partial charge in [0.15, 0.2) is 11.5 Å². The first-order valence-corrected chi connectivity index (χ1v) is 6.60. The van der Waals surface area contributed by atoms with E-state index in [9.17, 15) is 24.8 Å². The Bertz CT molecular complexity index is 795. The molecule has 118 valence electrons. The van der Waals surface area contributed by atoms with Gasteiger partial charge in [0.25, 0.3) is 0 Å². The van der Waals surface area contributed by atoms with E-state index >= 15 is 0 Å². The fourth-order valence-corrected chi connectivity index (χ4v) is 1.97. The minimum atomic E-state index is -0.853. The summed E-state index contributed by atoms with van der Waals surface area (Å²) >= 11 is 0. The van der Waals surface area contributed by atoms with Gasteiger partial charge in [0.1, 0.15) is 0 Å². The molecule has 7 nitrogen and oxygen atoms in total. The molecule has 23 heavy (non-hydrogen) atoms. The number of rotatable bonds is 4. The van der Waals surface area contributed by atoms with Gasteiger partial charge < -0.3 is 9.84 Å². The van der Waals surface area contributed by atoms with Crippen LogP contribution in [-0.2, 0) is 4.79 Å². The number of ether oxygens (including phenoxy) is 1. The Morgan fingerprint density at radius 2 is 1.74 bits per heavy atom. The van der Waals surface area contributed by atoms with Gasteiger partial charge in [-0.1, -0.05) is 29.8 Å². The van der Waals surface area contributed by atoms with Crippen molar-refractivity contribution in [1.82, 2.24) is 0 Å². The molecule has 0 aliphatic rings. The van der Waals surface area contributed by atoms with Crippen molar-refractivity contribution in [2.45, 2.75) is 13.8 Å². The first-order chi connectivity index (χ1) is 10.8. The molecule has 0 aliphatic heterocycles. The van der Waals surface area contributed by atoms with Gasteiger partial charge in [0.05, 0.1) is 4.92 Å². The number of esters is 1. The predicted octanol–water partition coefficient (Wildman–Crippen LogP) is 2.77. The Labute approximate surface area is 131 Å². The van der Waals surface area contributed by atoms with Crippen molar-refractivity contribution < 1.29 is 24.4 Å². The monoisotopic (exact) mass is 315 g/mol. The standard InChI is InChI=1S/C16H13NO6/c1-9-3-5-11(6-4-9)15(19)12-7-13(17(21)22)16(20)14(8-12)23-10(2)18/h3-8,20H,1-2H3. The van der Waals surface area contributed by atoms with E-state index in [1.165, 1.54) is 0 Å². The first kappa shape index (κ1) is 16.2. The van der Waals surface area contributed by atoms with E-state index in [1.807, 2.05) is 6.92 Å². The lowest BCUT2D eigenvalue weighted by molar-refractivity contribution is -0.385. The first-order valence-electron chi connectivity index (χ1n) is 6.60. The number of nitro groups is 1. The maximum absolute atomic E-state index is 12.4. The number of aryl methyl sites for hydroxylation is 1. The van der Waals surface area contributed by atoms with E-state index in [2.05, 4.69) is 0 Å². The Kier molecular flexibility index (Phi) is 4.40. The quantitative estimate of drug-likeness (QED) is 0.306. The van der Waals surface area contributed by atoms with Gasteiger partial charge in [0.2, 0.25) is 5.75 Å². The van der Waals surface area contributed by atoms with E-state index in [0.29, 0.717) is 5.56 Å². The number of carbonyl (C=O) groups is 2. The zero-order valence-corrected chi connectivity index (χ0v) is 12.4. The minimum Gasteiger partial charge on any atom is -0.499 e. The van der Waals surface area contributed by atoms with Gasteiger partial charge in [-0.3, -0.25) is 19.7 Å². The summed E-state index contributed by atoms with van der Waals surface area (Å²) in [6, 6.07) is 8.68. The van der Waals surface area contributed by atoms with E-state index in [-0.39, 0.29) is 5.56 Å². The second kappa shape index (κ2) is 6.27. The van der Waals surface area contributed by atoms with Gasteiger partial charge in [-0.05, 0) is 13.0 Å². The molecule has 1 N–H and O–H groups in total. The molecule has 0 saturated heterocycles. The molecule has 0 unspecified atom stereocenters. The maximum Gasteiger partial charge on any atom is 0.315 e. The normalized spacial score (nSPS) is 10.2. The second-order valence-electron chi connectivity index (χ2n) is 4.89. The van der Waals surface area contributed by atoms with Crippen LogP contribution in [0.15, 0.2) is 36.4 Å².